The molecule has 2 rings (SSSR count). The third kappa shape index (κ3) is 4.08. The number of anilines is 1. The number of benzene rings is 1. The van der Waals surface area contributed by atoms with Crippen molar-refractivity contribution < 1.29 is 4.79 Å². The summed E-state index contributed by atoms with van der Waals surface area (Å²) in [6.07, 6.45) is 3.77. The second-order valence-electron chi connectivity index (χ2n) is 4.94. The molecule has 1 aliphatic heterocycles. The Kier molecular flexibility index (Phi) is 4.93. The minimum absolute atomic E-state index is 0.00114. The summed E-state index contributed by atoms with van der Waals surface area (Å²) in [5.74, 6) is 0.652. The Morgan fingerprint density at radius 2 is 2.11 bits per heavy atom. The van der Waals surface area contributed by atoms with E-state index in [2.05, 4.69) is 16.7 Å². The first-order valence-electron chi connectivity index (χ1n) is 6.79. The average molecular weight is 257 g/mol. The minimum Gasteiger partial charge on any atom is -0.325 e. The fourth-order valence-electron chi connectivity index (χ4n) is 2.41. The van der Waals surface area contributed by atoms with Crippen LogP contribution in [0.25, 0.3) is 0 Å². The molecule has 1 aromatic rings. The second-order valence-corrected chi connectivity index (χ2v) is 4.94. The predicted molar refractivity (Wildman–Crippen MR) is 74.6 cm³/mol. The number of nitrogens with one attached hydrogen (secondary N) is 2. The van der Waals surface area contributed by atoms with Gasteiger partial charge in [-0.15, -0.1) is 0 Å². The first kappa shape index (κ1) is 13.6. The van der Waals surface area contributed by atoms with Crippen LogP contribution in [0.15, 0.2) is 24.3 Å². The van der Waals surface area contributed by atoms with E-state index in [1.807, 2.05) is 6.07 Å². The van der Waals surface area contributed by atoms with Crippen molar-refractivity contribution in [2.75, 3.05) is 18.4 Å². The fourth-order valence-corrected chi connectivity index (χ4v) is 2.41. The van der Waals surface area contributed by atoms with Gasteiger partial charge in [0, 0.05) is 6.42 Å². The van der Waals surface area contributed by atoms with Gasteiger partial charge in [-0.3, -0.25) is 4.79 Å². The number of carbonyl (C=O) groups is 1. The maximum atomic E-state index is 11.9. The van der Waals surface area contributed by atoms with E-state index in [0.29, 0.717) is 23.6 Å². The molecule has 1 heterocycles. The Balaban J connectivity index is 1.82. The highest BCUT2D eigenvalue weighted by atomic mass is 16.1. The number of carbonyl (C=O) groups excluding carboxylic acids is 1. The molecule has 0 unspecified atom stereocenters. The van der Waals surface area contributed by atoms with Crippen LogP contribution in [0.5, 0.6) is 0 Å². The molecule has 1 aromatic carbocycles. The van der Waals surface area contributed by atoms with Crippen LogP contribution in [0.2, 0.25) is 0 Å². The van der Waals surface area contributed by atoms with E-state index in [-0.39, 0.29) is 5.91 Å². The Labute approximate surface area is 113 Å². The van der Waals surface area contributed by atoms with E-state index in [1.165, 1.54) is 0 Å². The largest absolute Gasteiger partial charge is 0.325 e. The lowest BCUT2D eigenvalue weighted by Gasteiger charge is -2.22. The molecule has 0 radical (unpaired) electrons. The summed E-state index contributed by atoms with van der Waals surface area (Å²) >= 11 is 0. The highest BCUT2D eigenvalue weighted by Crippen LogP contribution is 2.19. The average Bonchev–Trinajstić information content (AvgIpc) is 2.47. The van der Waals surface area contributed by atoms with Crippen molar-refractivity contribution in [3.05, 3.63) is 29.8 Å². The zero-order valence-corrected chi connectivity index (χ0v) is 11.0. The van der Waals surface area contributed by atoms with Crippen LogP contribution in [-0.4, -0.2) is 19.0 Å². The molecular weight excluding hydrogens is 238 g/mol. The molecule has 1 fully saturated rings. The van der Waals surface area contributed by atoms with Gasteiger partial charge in [-0.05, 0) is 50.4 Å². The van der Waals surface area contributed by atoms with Gasteiger partial charge in [-0.25, -0.2) is 0 Å². The molecule has 19 heavy (non-hydrogen) atoms. The maximum Gasteiger partial charge on any atom is 0.224 e. The SMILES string of the molecule is N#Cc1ccccc1NC(=O)CCC1CCNCC1. The van der Waals surface area contributed by atoms with Gasteiger partial charge in [0.05, 0.1) is 11.3 Å². The molecule has 0 saturated carbocycles. The van der Waals surface area contributed by atoms with Crippen LogP contribution in [-0.2, 0) is 4.79 Å². The van der Waals surface area contributed by atoms with Crippen molar-refractivity contribution in [2.24, 2.45) is 5.92 Å². The highest BCUT2D eigenvalue weighted by Gasteiger charge is 2.14. The van der Waals surface area contributed by atoms with Crippen molar-refractivity contribution >= 4 is 11.6 Å². The molecule has 1 saturated heterocycles. The van der Waals surface area contributed by atoms with Gasteiger partial charge in [0.15, 0.2) is 0 Å². The third-order valence-corrected chi connectivity index (χ3v) is 3.56. The van der Waals surface area contributed by atoms with Gasteiger partial charge in [-0.2, -0.15) is 5.26 Å². The molecule has 4 heteroatoms. The standard InChI is InChI=1S/C15H19N3O/c16-11-13-3-1-2-4-14(13)18-15(19)6-5-12-7-9-17-10-8-12/h1-4,12,17H,5-10H2,(H,18,19). The number of hydrogen-bond acceptors (Lipinski definition) is 3. The first-order chi connectivity index (χ1) is 9.29. The number of nitriles is 1. The summed E-state index contributed by atoms with van der Waals surface area (Å²) in [6, 6.07) is 9.18. The number of para-hydroxylation sites is 1. The lowest BCUT2D eigenvalue weighted by Crippen LogP contribution is -2.28. The Hall–Kier alpha value is -1.86. The molecule has 0 spiro atoms. The molecular formula is C15H19N3O. The summed E-state index contributed by atoms with van der Waals surface area (Å²) in [7, 11) is 0. The van der Waals surface area contributed by atoms with E-state index < -0.39 is 0 Å². The summed E-state index contributed by atoms with van der Waals surface area (Å²) in [5.41, 5.74) is 1.12. The lowest BCUT2D eigenvalue weighted by molar-refractivity contribution is -0.116. The van der Waals surface area contributed by atoms with Gasteiger partial charge < -0.3 is 10.6 Å². The van der Waals surface area contributed by atoms with E-state index in [0.717, 1.165) is 32.4 Å². The highest BCUT2D eigenvalue weighted by molar-refractivity contribution is 5.92. The van der Waals surface area contributed by atoms with Crippen molar-refractivity contribution in [1.29, 1.82) is 5.26 Å². The third-order valence-electron chi connectivity index (χ3n) is 3.56. The van der Waals surface area contributed by atoms with Crippen LogP contribution >= 0.6 is 0 Å². The molecule has 0 atom stereocenters. The van der Waals surface area contributed by atoms with Crippen molar-refractivity contribution in [2.45, 2.75) is 25.7 Å². The predicted octanol–water partition coefficient (Wildman–Crippen LogP) is 2.28. The number of hydrogen-bond donors (Lipinski definition) is 2. The number of amides is 1. The maximum absolute atomic E-state index is 11.9. The van der Waals surface area contributed by atoms with Crippen LogP contribution in [0.1, 0.15) is 31.2 Å². The van der Waals surface area contributed by atoms with E-state index in [1.54, 1.807) is 18.2 Å². The van der Waals surface area contributed by atoms with Crippen LogP contribution in [0, 0.1) is 17.2 Å². The molecule has 0 aromatic heterocycles. The zero-order valence-electron chi connectivity index (χ0n) is 11.0. The molecule has 1 amide bonds. The minimum atomic E-state index is 0.00114. The molecule has 0 aliphatic carbocycles. The number of rotatable bonds is 4. The number of nitrogens with zero attached hydrogens (tertiary/aromatic N) is 1. The number of piperidine rings is 1. The topological polar surface area (TPSA) is 64.9 Å². The van der Waals surface area contributed by atoms with E-state index in [9.17, 15) is 4.79 Å². The van der Waals surface area contributed by atoms with Gasteiger partial charge in [0.25, 0.3) is 0 Å². The Morgan fingerprint density at radius 3 is 2.84 bits per heavy atom. The molecule has 1 aliphatic rings. The van der Waals surface area contributed by atoms with E-state index >= 15 is 0 Å². The van der Waals surface area contributed by atoms with Gasteiger partial charge >= 0.3 is 0 Å². The van der Waals surface area contributed by atoms with Gasteiger partial charge in [-0.1, -0.05) is 12.1 Å². The van der Waals surface area contributed by atoms with Gasteiger partial charge in [0.1, 0.15) is 6.07 Å². The Morgan fingerprint density at radius 1 is 1.37 bits per heavy atom. The monoisotopic (exact) mass is 257 g/mol. The van der Waals surface area contributed by atoms with Crippen molar-refractivity contribution in [1.82, 2.24) is 5.32 Å². The van der Waals surface area contributed by atoms with Crippen molar-refractivity contribution in [3.63, 3.8) is 0 Å². The quantitative estimate of drug-likeness (QED) is 0.869. The second kappa shape index (κ2) is 6.91. The smallest absolute Gasteiger partial charge is 0.224 e. The van der Waals surface area contributed by atoms with Crippen molar-refractivity contribution in [3.8, 4) is 6.07 Å². The molecule has 4 nitrogen and oxygen atoms in total. The van der Waals surface area contributed by atoms with Crippen LogP contribution in [0.4, 0.5) is 5.69 Å². The zero-order chi connectivity index (χ0) is 13.5. The lowest BCUT2D eigenvalue weighted by atomic mass is 9.93. The molecule has 0 bridgehead atoms. The first-order valence-corrected chi connectivity index (χ1v) is 6.79. The summed E-state index contributed by atoms with van der Waals surface area (Å²) in [6.45, 7) is 2.12. The Bertz CT molecular complexity index is 473. The fraction of sp³-hybridized carbons (Fsp3) is 0.467. The van der Waals surface area contributed by atoms with Gasteiger partial charge in [0.2, 0.25) is 5.91 Å². The normalized spacial score (nSPS) is 15.7. The summed E-state index contributed by atoms with van der Waals surface area (Å²) < 4.78 is 0. The summed E-state index contributed by atoms with van der Waals surface area (Å²) in [5, 5.41) is 15.1. The molecule has 2 N–H and O–H groups in total. The van der Waals surface area contributed by atoms with E-state index in [4.69, 9.17) is 5.26 Å². The van der Waals surface area contributed by atoms with Crippen LogP contribution in [0.3, 0.4) is 0 Å². The van der Waals surface area contributed by atoms with Crippen LogP contribution < -0.4 is 10.6 Å². The molecule has 100 valence electrons. The summed E-state index contributed by atoms with van der Waals surface area (Å²) in [4.78, 5) is 11.9.